The summed E-state index contributed by atoms with van der Waals surface area (Å²) in [6.45, 7) is 2.45. The lowest BCUT2D eigenvalue weighted by Gasteiger charge is -2.04. The van der Waals surface area contributed by atoms with Crippen molar-refractivity contribution < 1.29 is 13.2 Å². The predicted octanol–water partition coefficient (Wildman–Crippen LogP) is 1.03. The van der Waals surface area contributed by atoms with E-state index in [9.17, 15) is 13.2 Å². The molecule has 0 aliphatic heterocycles. The topological polar surface area (TPSA) is 89.3 Å². The quantitative estimate of drug-likeness (QED) is 0.617. The van der Waals surface area contributed by atoms with Crippen LogP contribution >= 0.6 is 0 Å². The minimum atomic E-state index is -3.71. The molecule has 18 heavy (non-hydrogen) atoms. The van der Waals surface area contributed by atoms with Crippen LogP contribution in [0.2, 0.25) is 0 Å². The molecule has 0 radical (unpaired) electrons. The first-order chi connectivity index (χ1) is 8.45. The van der Waals surface area contributed by atoms with Crippen LogP contribution in [0.5, 0.6) is 0 Å². The lowest BCUT2D eigenvalue weighted by molar-refractivity contribution is 0.0954. The molecule has 0 saturated carbocycles. The van der Waals surface area contributed by atoms with E-state index < -0.39 is 10.0 Å². The molecule has 0 heterocycles. The number of benzene rings is 1. The van der Waals surface area contributed by atoms with E-state index >= 15 is 0 Å². The van der Waals surface area contributed by atoms with Gasteiger partial charge in [0.15, 0.2) is 0 Å². The van der Waals surface area contributed by atoms with Gasteiger partial charge in [0.25, 0.3) is 5.91 Å². The number of carbonyl (C=O) groups excluding carboxylic acids is 1. The molecule has 6 heteroatoms. The third-order valence-electron chi connectivity index (χ3n) is 2.28. The van der Waals surface area contributed by atoms with Crippen LogP contribution in [0, 0.1) is 0 Å². The molecule has 0 bridgehead atoms. The second-order valence-corrected chi connectivity index (χ2v) is 5.24. The van der Waals surface area contributed by atoms with Crippen molar-refractivity contribution in [1.29, 1.82) is 0 Å². The van der Waals surface area contributed by atoms with Crippen LogP contribution in [0.4, 0.5) is 0 Å². The van der Waals surface area contributed by atoms with E-state index in [0.717, 1.165) is 6.42 Å². The molecule has 0 aromatic heterocycles. The SMILES string of the molecule is C/C=C/CCNC(=O)c1ccc(S(N)(=O)=O)cc1. The highest BCUT2D eigenvalue weighted by atomic mass is 32.2. The van der Waals surface area contributed by atoms with Gasteiger partial charge in [0.05, 0.1) is 4.90 Å². The summed E-state index contributed by atoms with van der Waals surface area (Å²) < 4.78 is 22.1. The summed E-state index contributed by atoms with van der Waals surface area (Å²) in [5.41, 5.74) is 0.405. The first-order valence-corrected chi connectivity index (χ1v) is 7.02. The Morgan fingerprint density at radius 2 is 1.94 bits per heavy atom. The van der Waals surface area contributed by atoms with Gasteiger partial charge < -0.3 is 5.32 Å². The highest BCUT2D eigenvalue weighted by Crippen LogP contribution is 2.08. The van der Waals surface area contributed by atoms with Crippen LogP contribution in [-0.4, -0.2) is 20.9 Å². The Labute approximate surface area is 107 Å². The maximum absolute atomic E-state index is 11.7. The summed E-state index contributed by atoms with van der Waals surface area (Å²) in [6, 6.07) is 5.50. The molecule has 98 valence electrons. The van der Waals surface area contributed by atoms with E-state index in [1.165, 1.54) is 24.3 Å². The Morgan fingerprint density at radius 1 is 1.33 bits per heavy atom. The molecule has 3 N–H and O–H groups in total. The van der Waals surface area contributed by atoms with Crippen LogP contribution in [0.25, 0.3) is 0 Å². The molecule has 0 saturated heterocycles. The molecular formula is C12H16N2O3S. The fourth-order valence-corrected chi connectivity index (χ4v) is 1.85. The van der Waals surface area contributed by atoms with Gasteiger partial charge in [-0.25, -0.2) is 13.6 Å². The molecular weight excluding hydrogens is 252 g/mol. The standard InChI is InChI=1S/C12H16N2O3S/c1-2-3-4-9-14-12(15)10-5-7-11(8-6-10)18(13,16)17/h2-3,5-8H,4,9H2,1H3,(H,14,15)(H2,13,16,17)/b3-2+. The Hall–Kier alpha value is -1.66. The van der Waals surface area contributed by atoms with Gasteiger partial charge in [-0.15, -0.1) is 0 Å². The Morgan fingerprint density at radius 3 is 2.44 bits per heavy atom. The summed E-state index contributed by atoms with van der Waals surface area (Å²) in [5.74, 6) is -0.236. The summed E-state index contributed by atoms with van der Waals surface area (Å²) in [4.78, 5) is 11.6. The summed E-state index contributed by atoms with van der Waals surface area (Å²) in [6.07, 6.45) is 4.62. The zero-order valence-corrected chi connectivity index (χ0v) is 10.9. The number of amides is 1. The first kappa shape index (κ1) is 14.4. The summed E-state index contributed by atoms with van der Waals surface area (Å²) in [5, 5.41) is 7.68. The van der Waals surface area contributed by atoms with Crippen molar-refractivity contribution in [2.75, 3.05) is 6.54 Å². The van der Waals surface area contributed by atoms with Gasteiger partial charge in [0, 0.05) is 12.1 Å². The molecule has 5 nitrogen and oxygen atoms in total. The van der Waals surface area contributed by atoms with Gasteiger partial charge in [-0.1, -0.05) is 12.2 Å². The minimum Gasteiger partial charge on any atom is -0.352 e. The number of sulfonamides is 1. The van der Waals surface area contributed by atoms with Crippen molar-refractivity contribution in [3.05, 3.63) is 42.0 Å². The maximum atomic E-state index is 11.7. The van der Waals surface area contributed by atoms with Crippen molar-refractivity contribution >= 4 is 15.9 Å². The molecule has 0 unspecified atom stereocenters. The first-order valence-electron chi connectivity index (χ1n) is 5.47. The second kappa shape index (κ2) is 6.32. The van der Waals surface area contributed by atoms with Gasteiger partial charge in [-0.05, 0) is 37.6 Å². The number of primary sulfonamides is 1. The fraction of sp³-hybridized carbons (Fsp3) is 0.250. The number of hydrogen-bond donors (Lipinski definition) is 2. The van der Waals surface area contributed by atoms with Crippen LogP contribution in [-0.2, 0) is 10.0 Å². The van der Waals surface area contributed by atoms with Crippen molar-refractivity contribution in [2.24, 2.45) is 5.14 Å². The lowest BCUT2D eigenvalue weighted by atomic mass is 10.2. The second-order valence-electron chi connectivity index (χ2n) is 3.68. The zero-order valence-electron chi connectivity index (χ0n) is 10.1. The number of hydrogen-bond acceptors (Lipinski definition) is 3. The van der Waals surface area contributed by atoms with E-state index in [4.69, 9.17) is 5.14 Å². The average Bonchev–Trinajstić information content (AvgIpc) is 2.33. The monoisotopic (exact) mass is 268 g/mol. The van der Waals surface area contributed by atoms with Gasteiger partial charge in [-0.2, -0.15) is 0 Å². The van der Waals surface area contributed by atoms with E-state index in [1.807, 2.05) is 19.1 Å². The highest BCUT2D eigenvalue weighted by molar-refractivity contribution is 7.89. The molecule has 1 amide bonds. The summed E-state index contributed by atoms with van der Waals surface area (Å²) in [7, 11) is -3.71. The summed E-state index contributed by atoms with van der Waals surface area (Å²) >= 11 is 0. The molecule has 0 aliphatic carbocycles. The van der Waals surface area contributed by atoms with Crippen molar-refractivity contribution in [1.82, 2.24) is 5.32 Å². The van der Waals surface area contributed by atoms with Crippen molar-refractivity contribution in [3.8, 4) is 0 Å². The van der Waals surface area contributed by atoms with Crippen molar-refractivity contribution in [3.63, 3.8) is 0 Å². The van der Waals surface area contributed by atoms with Gasteiger partial charge in [0.2, 0.25) is 10.0 Å². The van der Waals surface area contributed by atoms with Crippen LogP contribution in [0.1, 0.15) is 23.7 Å². The molecule has 0 spiro atoms. The van der Waals surface area contributed by atoms with Crippen LogP contribution < -0.4 is 10.5 Å². The Kier molecular flexibility index (Phi) is 5.06. The smallest absolute Gasteiger partial charge is 0.251 e. The van der Waals surface area contributed by atoms with Gasteiger partial charge in [0.1, 0.15) is 0 Å². The van der Waals surface area contributed by atoms with Crippen LogP contribution in [0.3, 0.4) is 0 Å². The van der Waals surface area contributed by atoms with Gasteiger partial charge >= 0.3 is 0 Å². The average molecular weight is 268 g/mol. The van der Waals surface area contributed by atoms with E-state index in [-0.39, 0.29) is 10.8 Å². The lowest BCUT2D eigenvalue weighted by Crippen LogP contribution is -2.24. The zero-order chi connectivity index (χ0) is 13.6. The van der Waals surface area contributed by atoms with E-state index in [1.54, 1.807) is 0 Å². The number of nitrogens with two attached hydrogens (primary N) is 1. The molecule has 0 aliphatic rings. The third kappa shape index (κ3) is 4.31. The number of rotatable bonds is 5. The number of nitrogens with one attached hydrogen (secondary N) is 1. The largest absolute Gasteiger partial charge is 0.352 e. The highest BCUT2D eigenvalue weighted by Gasteiger charge is 2.09. The number of carbonyl (C=O) groups is 1. The maximum Gasteiger partial charge on any atom is 0.251 e. The molecule has 0 fully saturated rings. The molecule has 1 aromatic rings. The Bertz CT molecular complexity index is 533. The predicted molar refractivity (Wildman–Crippen MR) is 69.6 cm³/mol. The molecule has 0 atom stereocenters. The van der Waals surface area contributed by atoms with Crippen LogP contribution in [0.15, 0.2) is 41.3 Å². The normalized spacial score (nSPS) is 11.7. The Balaban J connectivity index is 2.65. The minimum absolute atomic E-state index is 0.00651. The molecule has 1 aromatic carbocycles. The van der Waals surface area contributed by atoms with Gasteiger partial charge in [-0.3, -0.25) is 4.79 Å². The molecule has 1 rings (SSSR count). The van der Waals surface area contributed by atoms with E-state index in [2.05, 4.69) is 5.32 Å². The van der Waals surface area contributed by atoms with Crippen molar-refractivity contribution in [2.45, 2.75) is 18.2 Å². The third-order valence-corrected chi connectivity index (χ3v) is 3.21. The fourth-order valence-electron chi connectivity index (χ4n) is 1.33. The van der Waals surface area contributed by atoms with E-state index in [0.29, 0.717) is 12.1 Å². The number of allylic oxidation sites excluding steroid dienone is 1.